The first-order valence-electron chi connectivity index (χ1n) is 6.02. The van der Waals surface area contributed by atoms with E-state index in [1.807, 2.05) is 37.3 Å². The minimum atomic E-state index is -0.177. The normalized spacial score (nSPS) is 12.1. The summed E-state index contributed by atoms with van der Waals surface area (Å²) >= 11 is 0. The lowest BCUT2D eigenvalue weighted by molar-refractivity contribution is 0.450. The number of phenolic OH excluding ortho intramolecular Hbond substituents is 1. The fourth-order valence-electron chi connectivity index (χ4n) is 1.74. The molecule has 0 saturated heterocycles. The summed E-state index contributed by atoms with van der Waals surface area (Å²) in [6, 6.07) is 14.5. The van der Waals surface area contributed by atoms with Crippen molar-refractivity contribution in [2.24, 2.45) is 5.73 Å². The number of hydrogen-bond acceptors (Lipinski definition) is 3. The van der Waals surface area contributed by atoms with E-state index >= 15 is 0 Å². The molecule has 3 heteroatoms. The summed E-state index contributed by atoms with van der Waals surface area (Å²) < 4.78 is 5.70. The molecule has 2 aromatic carbocycles. The first kappa shape index (κ1) is 12.5. The van der Waals surface area contributed by atoms with Crippen molar-refractivity contribution in [3.05, 3.63) is 54.1 Å². The monoisotopic (exact) mass is 243 g/mol. The molecule has 94 valence electrons. The molecule has 0 aliphatic carbocycles. The number of benzene rings is 2. The smallest absolute Gasteiger partial charge is 0.128 e. The highest BCUT2D eigenvalue weighted by atomic mass is 16.5. The van der Waals surface area contributed by atoms with E-state index in [-0.39, 0.29) is 11.8 Å². The van der Waals surface area contributed by atoms with E-state index in [1.165, 1.54) is 0 Å². The average molecular weight is 243 g/mol. The van der Waals surface area contributed by atoms with Crippen molar-refractivity contribution in [1.82, 2.24) is 0 Å². The van der Waals surface area contributed by atoms with Crippen LogP contribution in [0.15, 0.2) is 48.5 Å². The van der Waals surface area contributed by atoms with Gasteiger partial charge in [0.05, 0.1) is 0 Å². The maximum atomic E-state index is 9.77. The van der Waals surface area contributed by atoms with E-state index in [0.29, 0.717) is 11.3 Å². The summed E-state index contributed by atoms with van der Waals surface area (Å²) in [6.45, 7) is 1.98. The van der Waals surface area contributed by atoms with Crippen LogP contribution in [-0.2, 0) is 0 Å². The average Bonchev–Trinajstić information content (AvgIpc) is 2.41. The molecule has 18 heavy (non-hydrogen) atoms. The highest BCUT2D eigenvalue weighted by Crippen LogP contribution is 2.30. The number of phenols is 1. The Hall–Kier alpha value is -2.00. The maximum absolute atomic E-state index is 9.77. The third-order valence-electron chi connectivity index (χ3n) is 2.82. The third kappa shape index (κ3) is 2.81. The van der Waals surface area contributed by atoms with Crippen molar-refractivity contribution in [3.8, 4) is 17.2 Å². The Bertz CT molecular complexity index is 511. The van der Waals surface area contributed by atoms with Gasteiger partial charge >= 0.3 is 0 Å². The second-order valence-corrected chi connectivity index (χ2v) is 4.15. The Morgan fingerprint density at radius 2 is 1.83 bits per heavy atom. The van der Waals surface area contributed by atoms with E-state index in [9.17, 15) is 5.11 Å². The lowest BCUT2D eigenvalue weighted by Crippen LogP contribution is -2.08. The Labute approximate surface area is 107 Å². The zero-order valence-electron chi connectivity index (χ0n) is 10.3. The second-order valence-electron chi connectivity index (χ2n) is 4.15. The molecule has 2 aromatic rings. The SMILES string of the molecule is CCC(N)c1cc(Oc2ccccc2)ccc1O. The summed E-state index contributed by atoms with van der Waals surface area (Å²) in [7, 11) is 0. The molecule has 3 nitrogen and oxygen atoms in total. The summed E-state index contributed by atoms with van der Waals surface area (Å²) in [5.74, 6) is 1.65. The molecular formula is C15H17NO2. The van der Waals surface area contributed by atoms with E-state index < -0.39 is 0 Å². The van der Waals surface area contributed by atoms with Crippen LogP contribution < -0.4 is 10.5 Å². The third-order valence-corrected chi connectivity index (χ3v) is 2.82. The quantitative estimate of drug-likeness (QED) is 0.862. The van der Waals surface area contributed by atoms with Crippen LogP contribution in [-0.4, -0.2) is 5.11 Å². The molecule has 0 radical (unpaired) electrons. The minimum Gasteiger partial charge on any atom is -0.508 e. The van der Waals surface area contributed by atoms with Crippen LogP contribution in [0.4, 0.5) is 0 Å². The largest absolute Gasteiger partial charge is 0.508 e. The molecule has 3 N–H and O–H groups in total. The zero-order valence-corrected chi connectivity index (χ0v) is 10.3. The molecule has 0 heterocycles. The molecule has 1 atom stereocenters. The van der Waals surface area contributed by atoms with Gasteiger partial charge in [0.15, 0.2) is 0 Å². The van der Waals surface area contributed by atoms with Gasteiger partial charge in [0.2, 0.25) is 0 Å². The van der Waals surface area contributed by atoms with Gasteiger partial charge in [-0.25, -0.2) is 0 Å². The molecule has 0 bridgehead atoms. The number of aromatic hydroxyl groups is 1. The number of para-hydroxylation sites is 1. The Kier molecular flexibility index (Phi) is 3.85. The summed E-state index contributed by atoms with van der Waals surface area (Å²) in [6.07, 6.45) is 0.766. The fourth-order valence-corrected chi connectivity index (χ4v) is 1.74. The lowest BCUT2D eigenvalue weighted by Gasteiger charge is -2.13. The number of ether oxygens (including phenoxy) is 1. The van der Waals surface area contributed by atoms with Crippen LogP contribution in [0.5, 0.6) is 17.2 Å². The van der Waals surface area contributed by atoms with E-state index in [1.54, 1.807) is 18.2 Å². The molecule has 2 rings (SSSR count). The van der Waals surface area contributed by atoms with Crippen LogP contribution in [0.3, 0.4) is 0 Å². The number of hydrogen-bond donors (Lipinski definition) is 2. The van der Waals surface area contributed by atoms with Crippen LogP contribution in [0.1, 0.15) is 24.9 Å². The lowest BCUT2D eigenvalue weighted by atomic mass is 10.0. The zero-order chi connectivity index (χ0) is 13.0. The standard InChI is InChI=1S/C15H17NO2/c1-2-14(16)13-10-12(8-9-15(13)17)18-11-6-4-3-5-7-11/h3-10,14,17H,2,16H2,1H3. The summed E-state index contributed by atoms with van der Waals surface area (Å²) in [5, 5.41) is 9.77. The predicted octanol–water partition coefficient (Wildman–Crippen LogP) is 3.59. The van der Waals surface area contributed by atoms with Gasteiger partial charge in [0.25, 0.3) is 0 Å². The van der Waals surface area contributed by atoms with Crippen LogP contribution >= 0.6 is 0 Å². The van der Waals surface area contributed by atoms with Crippen molar-refractivity contribution in [3.63, 3.8) is 0 Å². The van der Waals surface area contributed by atoms with Crippen LogP contribution in [0, 0.1) is 0 Å². The van der Waals surface area contributed by atoms with Gasteiger partial charge in [0, 0.05) is 11.6 Å². The fraction of sp³-hybridized carbons (Fsp3) is 0.200. The van der Waals surface area contributed by atoms with Crippen LogP contribution in [0.2, 0.25) is 0 Å². The van der Waals surface area contributed by atoms with Crippen molar-refractivity contribution < 1.29 is 9.84 Å². The molecule has 0 aliphatic rings. The van der Waals surface area contributed by atoms with Gasteiger partial charge < -0.3 is 15.6 Å². The Balaban J connectivity index is 2.25. The molecule has 0 fully saturated rings. The van der Waals surface area contributed by atoms with Gasteiger partial charge in [-0.1, -0.05) is 25.1 Å². The van der Waals surface area contributed by atoms with Gasteiger partial charge in [0.1, 0.15) is 17.2 Å². The molecule has 0 amide bonds. The van der Waals surface area contributed by atoms with Gasteiger partial charge in [-0.2, -0.15) is 0 Å². The highest BCUT2D eigenvalue weighted by molar-refractivity contribution is 5.42. The topological polar surface area (TPSA) is 55.5 Å². The minimum absolute atomic E-state index is 0.177. The molecular weight excluding hydrogens is 226 g/mol. The van der Waals surface area contributed by atoms with Crippen LogP contribution in [0.25, 0.3) is 0 Å². The molecule has 0 saturated carbocycles. The van der Waals surface area contributed by atoms with Crippen molar-refractivity contribution in [1.29, 1.82) is 0 Å². The molecule has 0 spiro atoms. The van der Waals surface area contributed by atoms with Gasteiger partial charge in [-0.3, -0.25) is 0 Å². The van der Waals surface area contributed by atoms with E-state index in [4.69, 9.17) is 10.5 Å². The van der Waals surface area contributed by atoms with Gasteiger partial charge in [-0.05, 0) is 36.8 Å². The first-order chi connectivity index (χ1) is 8.70. The van der Waals surface area contributed by atoms with E-state index in [0.717, 1.165) is 12.2 Å². The number of nitrogens with two attached hydrogens (primary N) is 1. The highest BCUT2D eigenvalue weighted by Gasteiger charge is 2.10. The number of rotatable bonds is 4. The summed E-state index contributed by atoms with van der Waals surface area (Å²) in [5.41, 5.74) is 6.66. The van der Waals surface area contributed by atoms with E-state index in [2.05, 4.69) is 0 Å². The van der Waals surface area contributed by atoms with Crippen molar-refractivity contribution in [2.75, 3.05) is 0 Å². The second kappa shape index (κ2) is 5.56. The maximum Gasteiger partial charge on any atom is 0.128 e. The Morgan fingerprint density at radius 1 is 1.11 bits per heavy atom. The predicted molar refractivity (Wildman–Crippen MR) is 71.8 cm³/mol. The molecule has 0 aliphatic heterocycles. The first-order valence-corrected chi connectivity index (χ1v) is 6.02. The molecule has 0 aromatic heterocycles. The summed E-state index contributed by atoms with van der Waals surface area (Å²) in [4.78, 5) is 0. The Morgan fingerprint density at radius 3 is 2.50 bits per heavy atom. The molecule has 1 unspecified atom stereocenters. The van der Waals surface area contributed by atoms with Crippen molar-refractivity contribution in [2.45, 2.75) is 19.4 Å². The van der Waals surface area contributed by atoms with Gasteiger partial charge in [-0.15, -0.1) is 0 Å². The van der Waals surface area contributed by atoms with Crippen molar-refractivity contribution >= 4 is 0 Å².